The van der Waals surface area contributed by atoms with E-state index in [0.29, 0.717) is 52.1 Å². The Balaban J connectivity index is 0.000000136. The van der Waals surface area contributed by atoms with Crippen molar-refractivity contribution in [2.75, 3.05) is 0 Å². The molecule has 143 heavy (non-hydrogen) atoms. The van der Waals surface area contributed by atoms with Crippen LogP contribution in [0.1, 0.15) is 332 Å². The summed E-state index contributed by atoms with van der Waals surface area (Å²) in [6, 6.07) is 52.7. The fraction of sp³-hybridized carbons (Fsp3) is 0.375. The Morgan fingerprint density at radius 2 is 0.490 bits per heavy atom. The average Bonchev–Trinajstić information content (AvgIpc) is 1.63. The van der Waals surface area contributed by atoms with Gasteiger partial charge in [0.15, 0.2) is 58.9 Å². The lowest BCUT2D eigenvalue weighted by molar-refractivity contribution is -0.661. The summed E-state index contributed by atoms with van der Waals surface area (Å²) in [7, 11) is 9.99. The van der Waals surface area contributed by atoms with Crippen LogP contribution in [0.2, 0.25) is 0 Å². The van der Waals surface area contributed by atoms with Gasteiger partial charge in [-0.3, -0.25) is 0 Å². The number of hydrogen-bond acceptors (Lipinski definition) is 10. The van der Waals surface area contributed by atoms with Crippen molar-refractivity contribution in [3.8, 4) is 56.3 Å². The highest BCUT2D eigenvalue weighted by atomic mass is 16.4. The van der Waals surface area contributed by atoms with Crippen molar-refractivity contribution >= 4 is 110 Å². The van der Waals surface area contributed by atoms with Gasteiger partial charge in [0.1, 0.15) is 35.2 Å². The summed E-state index contributed by atoms with van der Waals surface area (Å²) in [5.74, 6) is 0.359. The smallest absolute Gasteiger partial charge is 0.227 e. The van der Waals surface area contributed by atoms with Crippen molar-refractivity contribution in [3.63, 3.8) is 0 Å². The Morgan fingerprint density at radius 1 is 0.259 bits per heavy atom. The Labute approximate surface area is 861 Å². The van der Waals surface area contributed by atoms with Gasteiger partial charge in [-0.15, -0.1) is 0 Å². The zero-order valence-corrected chi connectivity index (χ0v) is 90.2. The lowest BCUT2D eigenvalue weighted by Crippen LogP contribution is -2.32. The van der Waals surface area contributed by atoms with Crippen LogP contribution in [0.25, 0.3) is 167 Å². The van der Waals surface area contributed by atoms with Crippen molar-refractivity contribution in [1.29, 1.82) is 0 Å². The van der Waals surface area contributed by atoms with E-state index in [-0.39, 0.29) is 28.9 Å². The van der Waals surface area contributed by atoms with E-state index in [0.717, 1.165) is 209 Å². The number of rotatable bonds is 20. The molecule has 738 valence electrons. The maximum Gasteiger partial charge on any atom is 0.227 e. The molecule has 5 aromatic carbocycles. The van der Waals surface area contributed by atoms with Crippen LogP contribution in [-0.4, -0.2) is 24.9 Å². The molecule has 0 saturated carbocycles. The second-order valence-electron chi connectivity index (χ2n) is 41.0. The first kappa shape index (κ1) is 89.7. The molecule has 0 N–H and O–H groups in total. The highest BCUT2D eigenvalue weighted by Crippen LogP contribution is 2.46. The molecule has 20 rings (SSSR count). The monoisotopic (exact) mass is 1920 g/mol. The van der Waals surface area contributed by atoms with Crippen molar-refractivity contribution in [1.82, 2.24) is 24.9 Å². The molecule has 1 atom stereocenters. The summed E-state index contributed by atoms with van der Waals surface area (Å²) in [6.07, 6.45) is 9.16. The fourth-order valence-electron chi connectivity index (χ4n) is 20.4. The van der Waals surface area contributed by atoms with Crippen LogP contribution in [0.5, 0.6) is 0 Å². The molecule has 15 aromatic heterocycles. The Hall–Kier alpha value is -13.4. The van der Waals surface area contributed by atoms with Crippen LogP contribution >= 0.6 is 0 Å². The van der Waals surface area contributed by atoms with Crippen molar-refractivity contribution < 1.29 is 58.6 Å². The van der Waals surface area contributed by atoms with Gasteiger partial charge in [0.05, 0.1) is 27.8 Å². The van der Waals surface area contributed by atoms with E-state index in [2.05, 4.69) is 314 Å². The third-order valence-electron chi connectivity index (χ3n) is 28.7. The number of nitrogens with zero attached hydrogens (tertiary/aromatic N) is 10. The number of benzene rings is 5. The van der Waals surface area contributed by atoms with Gasteiger partial charge in [-0.2, -0.15) is 0 Å². The van der Waals surface area contributed by atoms with E-state index >= 15 is 0 Å². The first-order valence-corrected chi connectivity index (χ1v) is 51.2. The molecular formula is C128H151N10O5+5. The first-order valence-electron chi connectivity index (χ1n) is 56.2. The van der Waals surface area contributed by atoms with Crippen LogP contribution in [0, 0.1) is 34.6 Å². The van der Waals surface area contributed by atoms with Gasteiger partial charge in [-0.05, 0) is 243 Å². The van der Waals surface area contributed by atoms with Gasteiger partial charge < -0.3 is 22.1 Å². The van der Waals surface area contributed by atoms with Gasteiger partial charge in [-0.25, -0.2) is 47.8 Å². The molecule has 20 aromatic rings. The topological polar surface area (TPSA) is 150 Å². The molecule has 0 radical (unpaired) electrons. The lowest BCUT2D eigenvalue weighted by Gasteiger charge is -2.13. The quantitative estimate of drug-likeness (QED) is 0.0675. The summed E-state index contributed by atoms with van der Waals surface area (Å²) < 4.78 is 124. The van der Waals surface area contributed by atoms with E-state index in [1.165, 1.54) is 69.7 Å². The SMILES string of the molecule is CCc1c[n+](C)c(-c2c(C)ccc3c2oc2nc(C(C)C)ccc23)cc1C(C)C.CCc1ccc2c(n1)oc1c(-c3cc(C(C)C)c(CC)c[n+]3C)c(C)ccc12.[2H]C([2H])(C)c1c[n+](C)c(-c2c(C)ccc3c2oc2nc(C(C)C)ccc23)cc1C(C)C.[2H]C([2H])(C)c1c[n+](C)c(-c2c(C)ccc3c2oc2nc(CC)ccc23)cc1C(C)C.[2H]C([2H])(C)c1cc(-c2c(C)ccc3c2oc2nc(C(C)C)ccc23)[n+](C)cc1C([2H])(C)C([2H])([2H])[2H]. The first-order chi connectivity index (χ1) is 71.9. The van der Waals surface area contributed by atoms with Gasteiger partial charge in [-0.1, -0.05) is 220 Å². The second-order valence-corrected chi connectivity index (χ2v) is 41.0. The molecule has 15 heteroatoms. The Kier molecular flexibility index (Phi) is 26.5. The van der Waals surface area contributed by atoms with E-state index < -0.39 is 31.9 Å². The minimum absolute atomic E-state index is 0.133. The Bertz CT molecular complexity index is 8750. The molecule has 0 aliphatic carbocycles. The number of fused-ring (bicyclic) bond motifs is 15. The minimum Gasteiger partial charge on any atom is -0.437 e. The predicted octanol–water partition coefficient (Wildman–Crippen LogP) is 31.8. The summed E-state index contributed by atoms with van der Waals surface area (Å²) in [5.41, 5.74) is 38.0. The van der Waals surface area contributed by atoms with Crippen molar-refractivity contribution in [2.45, 2.75) is 286 Å². The third-order valence-corrected chi connectivity index (χ3v) is 28.7. The van der Waals surface area contributed by atoms with E-state index in [1.807, 2.05) is 66.8 Å². The summed E-state index contributed by atoms with van der Waals surface area (Å²) in [4.78, 5) is 23.7. The number of furan rings is 5. The number of pyridine rings is 10. The molecule has 15 heterocycles. The van der Waals surface area contributed by atoms with Crippen LogP contribution in [0.4, 0.5) is 0 Å². The van der Waals surface area contributed by atoms with Crippen molar-refractivity contribution in [2.24, 2.45) is 35.2 Å². The maximum atomic E-state index is 8.64. The molecule has 0 fully saturated rings. The average molecular weight is 1920 g/mol. The number of hydrogen-bond donors (Lipinski definition) is 0. The number of aryl methyl sites for hydroxylation is 17. The zero-order chi connectivity index (χ0) is 111. The standard InChI is InChI=1S/3C26H31N2O.2C25H29N2O/c2*1-8-18-14-28(7)23(13-21(18)15(2)3)24-17(6)9-10-19-20-11-12-22(16(4)5)27-26(20)29-25(19)24;1-8-18-13-23(28(7)14-21(18)15(2)3)24-17(6)9-10-19-20-11-12-22(16(4)5)27-26(20)29-25(19)24;2*1-7-17-14-27(6)22(13-21(17)15(3)4)23-16(5)9-11-19-20-12-10-18(8-2)26-25(20)28-24(19)23/h3*9-16H,8H2,1-7H3;2*9-15H,7-8H2,1-6H3/q5*+1/i8D2;;2D3,8D2,15D;7D2;. The summed E-state index contributed by atoms with van der Waals surface area (Å²) in [6.45, 7) is 52.7. The molecule has 15 nitrogen and oxygen atoms in total. The second kappa shape index (κ2) is 42.3. The number of aromatic nitrogens is 10. The molecule has 0 spiro atoms. The van der Waals surface area contributed by atoms with Gasteiger partial charge in [0.25, 0.3) is 0 Å². The summed E-state index contributed by atoms with van der Waals surface area (Å²) >= 11 is 0. The minimum atomic E-state index is -2.63. The highest BCUT2D eigenvalue weighted by Gasteiger charge is 2.32. The van der Waals surface area contributed by atoms with Gasteiger partial charge >= 0.3 is 0 Å². The molecule has 1 unspecified atom stereocenters. The van der Waals surface area contributed by atoms with Gasteiger partial charge in [0.2, 0.25) is 57.0 Å². The molecule has 0 bridgehead atoms. The molecular weight excluding hydrogens is 1760 g/mol. The van der Waals surface area contributed by atoms with Crippen LogP contribution < -0.4 is 22.8 Å². The molecule has 0 aliphatic heterocycles. The van der Waals surface area contributed by atoms with Crippen LogP contribution in [0.15, 0.2) is 205 Å². The zero-order valence-electron chi connectivity index (χ0n) is 100. The molecule has 0 saturated heterocycles. The van der Waals surface area contributed by atoms with E-state index in [4.69, 9.17) is 55.7 Å². The molecule has 0 amide bonds. The highest BCUT2D eigenvalue weighted by molar-refractivity contribution is 6.13. The maximum absolute atomic E-state index is 8.64. The van der Waals surface area contributed by atoms with Crippen LogP contribution in [0.3, 0.4) is 0 Å². The van der Waals surface area contributed by atoms with Gasteiger partial charge in [0, 0.05) is 154 Å². The molecule has 0 aliphatic rings. The van der Waals surface area contributed by atoms with E-state index in [9.17, 15) is 0 Å². The lowest BCUT2D eigenvalue weighted by atomic mass is 9.93. The predicted molar refractivity (Wildman–Crippen MR) is 593 cm³/mol. The third kappa shape index (κ3) is 19.8. The van der Waals surface area contributed by atoms with Crippen LogP contribution in [-0.2, 0) is 80.0 Å². The normalized spacial score (nSPS) is 13.8. The van der Waals surface area contributed by atoms with E-state index in [1.54, 1.807) is 37.7 Å². The summed E-state index contributed by atoms with van der Waals surface area (Å²) in [5, 5.41) is 10.4. The fourth-order valence-corrected chi connectivity index (χ4v) is 20.4. The van der Waals surface area contributed by atoms with Crippen molar-refractivity contribution in [3.05, 3.63) is 295 Å². The Morgan fingerprint density at radius 3 is 0.727 bits per heavy atom. The largest absolute Gasteiger partial charge is 0.437 e.